The highest BCUT2D eigenvalue weighted by Crippen LogP contribution is 2.29. The summed E-state index contributed by atoms with van der Waals surface area (Å²) in [4.78, 5) is 9.47. The molecule has 0 aliphatic carbocycles. The largest absolute Gasteiger partial charge is 0.306 e. The zero-order valence-corrected chi connectivity index (χ0v) is 11.5. The first-order valence-electron chi connectivity index (χ1n) is 5.89. The standard InChI is InChI=1S/C13H16FN3S/c1-4-16-12(10-5-11(14)7-15-6-10)13-8(2)17-9(3)18-13/h5-7,12,16H,4H2,1-3H3. The third-order valence-corrected chi connectivity index (χ3v) is 3.81. The van der Waals surface area contributed by atoms with Crippen molar-refractivity contribution in [1.82, 2.24) is 15.3 Å². The van der Waals surface area contributed by atoms with Crippen LogP contribution in [0.25, 0.3) is 0 Å². The molecule has 1 atom stereocenters. The van der Waals surface area contributed by atoms with E-state index in [9.17, 15) is 4.39 Å². The highest BCUT2D eigenvalue weighted by molar-refractivity contribution is 7.11. The molecule has 2 aromatic rings. The molecule has 1 N–H and O–H groups in total. The summed E-state index contributed by atoms with van der Waals surface area (Å²) >= 11 is 1.64. The van der Waals surface area contributed by atoms with Crippen LogP contribution in [0.3, 0.4) is 0 Å². The Morgan fingerprint density at radius 3 is 2.72 bits per heavy atom. The Hall–Kier alpha value is -1.33. The molecule has 2 aromatic heterocycles. The average Bonchev–Trinajstić information content (AvgIpc) is 2.65. The van der Waals surface area contributed by atoms with Crippen molar-refractivity contribution in [3.63, 3.8) is 0 Å². The van der Waals surface area contributed by atoms with Crippen molar-refractivity contribution in [2.24, 2.45) is 0 Å². The summed E-state index contributed by atoms with van der Waals surface area (Å²) in [6, 6.07) is 1.49. The Morgan fingerprint density at radius 1 is 1.39 bits per heavy atom. The van der Waals surface area contributed by atoms with Crippen molar-refractivity contribution in [2.75, 3.05) is 6.54 Å². The minimum Gasteiger partial charge on any atom is -0.306 e. The van der Waals surface area contributed by atoms with E-state index in [1.54, 1.807) is 17.5 Å². The lowest BCUT2D eigenvalue weighted by atomic mass is 10.1. The topological polar surface area (TPSA) is 37.8 Å². The summed E-state index contributed by atoms with van der Waals surface area (Å²) in [5.74, 6) is -0.311. The Labute approximate surface area is 110 Å². The summed E-state index contributed by atoms with van der Waals surface area (Å²) in [5, 5.41) is 4.38. The summed E-state index contributed by atoms with van der Waals surface area (Å²) < 4.78 is 13.3. The lowest BCUT2D eigenvalue weighted by molar-refractivity contribution is 0.598. The van der Waals surface area contributed by atoms with Gasteiger partial charge in [0.1, 0.15) is 5.82 Å². The summed E-state index contributed by atoms with van der Waals surface area (Å²) in [6.07, 6.45) is 2.92. The molecule has 0 fully saturated rings. The first-order chi connectivity index (χ1) is 8.61. The van der Waals surface area contributed by atoms with Gasteiger partial charge in [-0.25, -0.2) is 9.37 Å². The van der Waals surface area contributed by atoms with Crippen LogP contribution < -0.4 is 5.32 Å². The maximum absolute atomic E-state index is 13.3. The second-order valence-corrected chi connectivity index (χ2v) is 5.34. The Kier molecular flexibility index (Phi) is 4.04. The van der Waals surface area contributed by atoms with Gasteiger partial charge < -0.3 is 5.32 Å². The zero-order chi connectivity index (χ0) is 13.1. The van der Waals surface area contributed by atoms with Gasteiger partial charge in [0.15, 0.2) is 0 Å². The van der Waals surface area contributed by atoms with Crippen molar-refractivity contribution in [3.05, 3.63) is 45.4 Å². The predicted octanol–water partition coefficient (Wildman–Crippen LogP) is 2.99. The molecule has 3 nitrogen and oxygen atoms in total. The van der Waals surface area contributed by atoms with Gasteiger partial charge in [-0.05, 0) is 32.0 Å². The van der Waals surface area contributed by atoms with E-state index >= 15 is 0 Å². The number of hydrogen-bond acceptors (Lipinski definition) is 4. The van der Waals surface area contributed by atoms with Crippen molar-refractivity contribution < 1.29 is 4.39 Å². The van der Waals surface area contributed by atoms with Crippen LogP contribution in [0.15, 0.2) is 18.5 Å². The van der Waals surface area contributed by atoms with E-state index in [4.69, 9.17) is 0 Å². The molecular weight excluding hydrogens is 249 g/mol. The maximum Gasteiger partial charge on any atom is 0.141 e. The predicted molar refractivity (Wildman–Crippen MR) is 71.3 cm³/mol. The first-order valence-corrected chi connectivity index (χ1v) is 6.71. The molecule has 2 rings (SSSR count). The van der Waals surface area contributed by atoms with E-state index in [-0.39, 0.29) is 11.9 Å². The van der Waals surface area contributed by atoms with Crippen LogP contribution in [0, 0.1) is 19.7 Å². The highest BCUT2D eigenvalue weighted by atomic mass is 32.1. The lowest BCUT2D eigenvalue weighted by Crippen LogP contribution is -2.22. The Balaban J connectivity index is 2.42. The van der Waals surface area contributed by atoms with E-state index in [0.717, 1.165) is 27.7 Å². The first kappa shape index (κ1) is 13.1. The number of halogens is 1. The van der Waals surface area contributed by atoms with Gasteiger partial charge in [-0.2, -0.15) is 0 Å². The van der Waals surface area contributed by atoms with Gasteiger partial charge >= 0.3 is 0 Å². The number of nitrogens with one attached hydrogen (secondary N) is 1. The number of aromatic nitrogens is 2. The number of hydrogen-bond donors (Lipinski definition) is 1. The van der Waals surface area contributed by atoms with E-state index in [2.05, 4.69) is 15.3 Å². The van der Waals surface area contributed by atoms with E-state index < -0.39 is 0 Å². The average molecular weight is 265 g/mol. The van der Waals surface area contributed by atoms with Crippen LogP contribution in [0.4, 0.5) is 4.39 Å². The van der Waals surface area contributed by atoms with Crippen molar-refractivity contribution in [1.29, 1.82) is 0 Å². The summed E-state index contributed by atoms with van der Waals surface area (Å²) in [6.45, 7) is 6.80. The van der Waals surface area contributed by atoms with Gasteiger partial charge in [-0.3, -0.25) is 4.98 Å². The third-order valence-electron chi connectivity index (χ3n) is 2.67. The van der Waals surface area contributed by atoms with Gasteiger partial charge in [0.2, 0.25) is 0 Å². The van der Waals surface area contributed by atoms with Crippen LogP contribution in [0.2, 0.25) is 0 Å². The smallest absolute Gasteiger partial charge is 0.141 e. The van der Waals surface area contributed by atoms with Gasteiger partial charge in [0.25, 0.3) is 0 Å². The monoisotopic (exact) mass is 265 g/mol. The molecule has 0 radical (unpaired) electrons. The molecule has 0 bridgehead atoms. The molecule has 0 amide bonds. The fourth-order valence-corrected chi connectivity index (χ4v) is 3.00. The van der Waals surface area contributed by atoms with Gasteiger partial charge in [-0.1, -0.05) is 6.92 Å². The van der Waals surface area contributed by atoms with Crippen LogP contribution in [-0.2, 0) is 0 Å². The summed E-state index contributed by atoms with van der Waals surface area (Å²) in [7, 11) is 0. The highest BCUT2D eigenvalue weighted by Gasteiger charge is 2.19. The quantitative estimate of drug-likeness (QED) is 0.923. The van der Waals surface area contributed by atoms with Gasteiger partial charge in [0.05, 0.1) is 22.9 Å². The van der Waals surface area contributed by atoms with Crippen LogP contribution in [0.1, 0.15) is 34.1 Å². The maximum atomic E-state index is 13.3. The molecule has 2 heterocycles. The third kappa shape index (κ3) is 2.73. The normalized spacial score (nSPS) is 12.7. The molecule has 0 saturated carbocycles. The van der Waals surface area contributed by atoms with Crippen LogP contribution >= 0.6 is 11.3 Å². The lowest BCUT2D eigenvalue weighted by Gasteiger charge is -2.17. The number of thiazole rings is 1. The van der Waals surface area contributed by atoms with Crippen molar-refractivity contribution >= 4 is 11.3 Å². The SMILES string of the molecule is CCNC(c1cncc(F)c1)c1sc(C)nc1C. The fraction of sp³-hybridized carbons (Fsp3) is 0.385. The second kappa shape index (κ2) is 5.54. The van der Waals surface area contributed by atoms with Crippen LogP contribution in [-0.4, -0.2) is 16.5 Å². The van der Waals surface area contributed by atoms with Crippen LogP contribution in [0.5, 0.6) is 0 Å². The molecule has 18 heavy (non-hydrogen) atoms. The molecule has 0 aromatic carbocycles. The molecular formula is C13H16FN3S. The number of nitrogens with zero attached hydrogens (tertiary/aromatic N) is 2. The molecule has 0 aliphatic heterocycles. The molecule has 96 valence electrons. The summed E-state index contributed by atoms with van der Waals surface area (Å²) in [5.41, 5.74) is 1.83. The molecule has 0 aliphatic rings. The van der Waals surface area contributed by atoms with E-state index in [1.165, 1.54) is 12.3 Å². The Bertz CT molecular complexity index is 539. The number of aryl methyl sites for hydroxylation is 2. The van der Waals surface area contributed by atoms with Gasteiger partial charge in [0, 0.05) is 11.1 Å². The molecule has 1 unspecified atom stereocenters. The molecule has 0 saturated heterocycles. The van der Waals surface area contributed by atoms with Crippen molar-refractivity contribution in [2.45, 2.75) is 26.8 Å². The number of rotatable bonds is 4. The van der Waals surface area contributed by atoms with Crippen molar-refractivity contribution in [3.8, 4) is 0 Å². The fourth-order valence-electron chi connectivity index (χ4n) is 1.97. The number of pyridine rings is 1. The minimum atomic E-state index is -0.311. The van der Waals surface area contributed by atoms with Gasteiger partial charge in [-0.15, -0.1) is 11.3 Å². The van der Waals surface area contributed by atoms with E-state index in [1.807, 2.05) is 20.8 Å². The minimum absolute atomic E-state index is 0.0376. The second-order valence-electron chi connectivity index (χ2n) is 4.11. The zero-order valence-electron chi connectivity index (χ0n) is 10.7. The molecule has 0 spiro atoms. The van der Waals surface area contributed by atoms with E-state index in [0.29, 0.717) is 0 Å². The molecule has 5 heteroatoms. The Morgan fingerprint density at radius 2 is 2.17 bits per heavy atom.